The number of aromatic nitrogens is 3. The number of nitrogens with zero attached hydrogens (tertiary/aromatic N) is 3. The highest BCUT2D eigenvalue weighted by molar-refractivity contribution is 5.91. The topological polar surface area (TPSA) is 59.8 Å². The van der Waals surface area contributed by atoms with Crippen molar-refractivity contribution in [3.05, 3.63) is 78.2 Å². The van der Waals surface area contributed by atoms with Crippen LogP contribution in [0.1, 0.15) is 11.1 Å². The third-order valence-electron chi connectivity index (χ3n) is 3.21. The highest BCUT2D eigenvalue weighted by Gasteiger charge is 2.06. The van der Waals surface area contributed by atoms with Gasteiger partial charge in [-0.3, -0.25) is 14.5 Å². The Hall–Kier alpha value is -2.95. The molecule has 5 heteroatoms. The molecule has 0 atom stereocenters. The second kappa shape index (κ2) is 6.67. The van der Waals surface area contributed by atoms with E-state index in [0.717, 1.165) is 11.1 Å². The fourth-order valence-electron chi connectivity index (χ4n) is 2.16. The number of carbonyl (C=O) groups is 1. The van der Waals surface area contributed by atoms with Gasteiger partial charge in [0.2, 0.25) is 5.91 Å². The molecule has 0 unspecified atom stereocenters. The SMILES string of the molecule is O=C(Cc1ccccc1)Nc1ccn(Cc2ccncc2)n1. The van der Waals surface area contributed by atoms with E-state index in [4.69, 9.17) is 0 Å². The largest absolute Gasteiger partial charge is 0.309 e. The lowest BCUT2D eigenvalue weighted by Crippen LogP contribution is -2.15. The maximum Gasteiger partial charge on any atom is 0.229 e. The Morgan fingerprint density at radius 3 is 2.55 bits per heavy atom. The van der Waals surface area contributed by atoms with Crippen molar-refractivity contribution >= 4 is 11.7 Å². The van der Waals surface area contributed by atoms with E-state index in [9.17, 15) is 4.79 Å². The van der Waals surface area contributed by atoms with Gasteiger partial charge in [-0.1, -0.05) is 30.3 Å². The quantitative estimate of drug-likeness (QED) is 0.786. The summed E-state index contributed by atoms with van der Waals surface area (Å²) in [4.78, 5) is 16.0. The Morgan fingerprint density at radius 1 is 1.00 bits per heavy atom. The zero-order valence-corrected chi connectivity index (χ0v) is 12.0. The molecule has 3 aromatic rings. The standard InChI is InChI=1S/C17H16N4O/c22-17(12-14-4-2-1-3-5-14)19-16-8-11-21(20-16)13-15-6-9-18-10-7-15/h1-11H,12-13H2,(H,19,20,22). The van der Waals surface area contributed by atoms with Crippen LogP contribution in [-0.2, 0) is 17.8 Å². The van der Waals surface area contributed by atoms with Gasteiger partial charge in [0.25, 0.3) is 0 Å². The first-order chi connectivity index (χ1) is 10.8. The molecule has 0 radical (unpaired) electrons. The van der Waals surface area contributed by atoms with E-state index in [2.05, 4.69) is 15.4 Å². The predicted molar refractivity (Wildman–Crippen MR) is 84.3 cm³/mol. The third-order valence-corrected chi connectivity index (χ3v) is 3.21. The molecule has 22 heavy (non-hydrogen) atoms. The molecule has 2 heterocycles. The molecule has 0 bridgehead atoms. The molecule has 0 saturated heterocycles. The van der Waals surface area contributed by atoms with Crippen LogP contribution in [0, 0.1) is 0 Å². The molecule has 0 aliphatic carbocycles. The van der Waals surface area contributed by atoms with Gasteiger partial charge < -0.3 is 5.32 Å². The first-order valence-electron chi connectivity index (χ1n) is 7.06. The van der Waals surface area contributed by atoms with Crippen LogP contribution >= 0.6 is 0 Å². The molecule has 0 spiro atoms. The van der Waals surface area contributed by atoms with Crippen molar-refractivity contribution < 1.29 is 4.79 Å². The van der Waals surface area contributed by atoms with Crippen LogP contribution in [0.25, 0.3) is 0 Å². The Labute approximate surface area is 128 Å². The van der Waals surface area contributed by atoms with Crippen molar-refractivity contribution in [1.82, 2.24) is 14.8 Å². The Kier molecular flexibility index (Phi) is 4.25. The number of hydrogen-bond acceptors (Lipinski definition) is 3. The van der Waals surface area contributed by atoms with Crippen molar-refractivity contribution in [2.45, 2.75) is 13.0 Å². The molecule has 0 aliphatic rings. The van der Waals surface area contributed by atoms with Gasteiger partial charge in [0.1, 0.15) is 0 Å². The van der Waals surface area contributed by atoms with Gasteiger partial charge in [0.15, 0.2) is 5.82 Å². The van der Waals surface area contributed by atoms with E-state index >= 15 is 0 Å². The zero-order chi connectivity index (χ0) is 15.2. The normalized spacial score (nSPS) is 10.4. The summed E-state index contributed by atoms with van der Waals surface area (Å²) in [5, 5.41) is 7.16. The Balaban J connectivity index is 1.58. The number of nitrogens with one attached hydrogen (secondary N) is 1. The summed E-state index contributed by atoms with van der Waals surface area (Å²) in [5.41, 5.74) is 2.09. The van der Waals surface area contributed by atoms with E-state index in [1.165, 1.54) is 0 Å². The Morgan fingerprint density at radius 2 is 1.77 bits per heavy atom. The van der Waals surface area contributed by atoms with Crippen LogP contribution in [0.4, 0.5) is 5.82 Å². The molecule has 3 rings (SSSR count). The number of carbonyl (C=O) groups excluding carboxylic acids is 1. The van der Waals surface area contributed by atoms with E-state index in [0.29, 0.717) is 18.8 Å². The summed E-state index contributed by atoms with van der Waals surface area (Å²) in [6.07, 6.45) is 5.69. The van der Waals surface area contributed by atoms with Gasteiger partial charge in [-0.15, -0.1) is 0 Å². The summed E-state index contributed by atoms with van der Waals surface area (Å²) in [6.45, 7) is 0.650. The number of pyridine rings is 1. The zero-order valence-electron chi connectivity index (χ0n) is 12.0. The van der Waals surface area contributed by atoms with Gasteiger partial charge in [-0.25, -0.2) is 0 Å². The second-order valence-corrected chi connectivity index (χ2v) is 4.96. The van der Waals surface area contributed by atoms with E-state index in [1.807, 2.05) is 48.7 Å². The molecule has 0 saturated carbocycles. The van der Waals surface area contributed by atoms with Gasteiger partial charge >= 0.3 is 0 Å². The van der Waals surface area contributed by atoms with Crippen LogP contribution in [0.3, 0.4) is 0 Å². The number of rotatable bonds is 5. The minimum atomic E-state index is -0.0691. The van der Waals surface area contributed by atoms with Crippen molar-refractivity contribution in [3.8, 4) is 0 Å². The van der Waals surface area contributed by atoms with E-state index < -0.39 is 0 Å². The number of hydrogen-bond donors (Lipinski definition) is 1. The molecular weight excluding hydrogens is 276 g/mol. The van der Waals surface area contributed by atoms with Crippen LogP contribution in [0.15, 0.2) is 67.1 Å². The van der Waals surface area contributed by atoms with Crippen LogP contribution in [0.5, 0.6) is 0 Å². The van der Waals surface area contributed by atoms with Crippen LogP contribution in [-0.4, -0.2) is 20.7 Å². The molecule has 5 nitrogen and oxygen atoms in total. The third kappa shape index (κ3) is 3.79. The molecule has 0 fully saturated rings. The van der Waals surface area contributed by atoms with Crippen molar-refractivity contribution in [2.75, 3.05) is 5.32 Å². The monoisotopic (exact) mass is 292 g/mol. The smallest absolute Gasteiger partial charge is 0.229 e. The van der Waals surface area contributed by atoms with E-state index in [1.54, 1.807) is 23.1 Å². The van der Waals surface area contributed by atoms with Gasteiger partial charge in [0.05, 0.1) is 13.0 Å². The molecule has 1 aromatic carbocycles. The van der Waals surface area contributed by atoms with Crippen LogP contribution in [0.2, 0.25) is 0 Å². The maximum atomic E-state index is 12.0. The average Bonchev–Trinajstić information content (AvgIpc) is 2.96. The Bertz CT molecular complexity index is 738. The van der Waals surface area contributed by atoms with Gasteiger partial charge in [-0.2, -0.15) is 5.10 Å². The minimum absolute atomic E-state index is 0.0691. The highest BCUT2D eigenvalue weighted by Crippen LogP contribution is 2.07. The molecular formula is C17H16N4O. The number of benzene rings is 1. The first kappa shape index (κ1) is 14.0. The van der Waals surface area contributed by atoms with Gasteiger partial charge in [0, 0.05) is 24.7 Å². The molecule has 2 aromatic heterocycles. The fraction of sp³-hybridized carbons (Fsp3) is 0.118. The summed E-state index contributed by atoms with van der Waals surface area (Å²) >= 11 is 0. The van der Waals surface area contributed by atoms with Crippen molar-refractivity contribution in [1.29, 1.82) is 0 Å². The fourth-order valence-corrected chi connectivity index (χ4v) is 2.16. The second-order valence-electron chi connectivity index (χ2n) is 4.96. The van der Waals surface area contributed by atoms with Crippen molar-refractivity contribution in [2.24, 2.45) is 0 Å². The van der Waals surface area contributed by atoms with Crippen molar-refractivity contribution in [3.63, 3.8) is 0 Å². The minimum Gasteiger partial charge on any atom is -0.309 e. The van der Waals surface area contributed by atoms with Crippen LogP contribution < -0.4 is 5.32 Å². The molecule has 1 amide bonds. The number of amides is 1. The molecule has 1 N–H and O–H groups in total. The molecule has 0 aliphatic heterocycles. The maximum absolute atomic E-state index is 12.0. The summed E-state index contributed by atoms with van der Waals surface area (Å²) < 4.78 is 1.79. The number of anilines is 1. The predicted octanol–water partition coefficient (Wildman–Crippen LogP) is 2.51. The lowest BCUT2D eigenvalue weighted by atomic mass is 10.1. The first-order valence-corrected chi connectivity index (χ1v) is 7.06. The summed E-state index contributed by atoms with van der Waals surface area (Å²) in [7, 11) is 0. The highest BCUT2D eigenvalue weighted by atomic mass is 16.1. The average molecular weight is 292 g/mol. The lowest BCUT2D eigenvalue weighted by Gasteiger charge is -2.03. The molecule has 110 valence electrons. The summed E-state index contributed by atoms with van der Waals surface area (Å²) in [6, 6.07) is 15.3. The summed E-state index contributed by atoms with van der Waals surface area (Å²) in [5.74, 6) is 0.496. The van der Waals surface area contributed by atoms with E-state index in [-0.39, 0.29) is 5.91 Å². The lowest BCUT2D eigenvalue weighted by molar-refractivity contribution is -0.115. The van der Waals surface area contributed by atoms with Gasteiger partial charge in [-0.05, 0) is 23.3 Å².